The second-order valence-corrected chi connectivity index (χ2v) is 5.25. The standard InChI is InChI=1S/C15H20N2O4/c1-2-15(8-5-9-15)17-14(20)16-11-6-3-4-7-12(11)21-10-13(18)19/h3-4,6-7H,2,5,8-10H2,1H3,(H,18,19)(H2,16,17,20). The van der Waals surface area contributed by atoms with E-state index in [0.29, 0.717) is 11.4 Å². The number of anilines is 1. The zero-order chi connectivity index (χ0) is 15.3. The van der Waals surface area contributed by atoms with Crippen LogP contribution in [-0.4, -0.2) is 29.3 Å². The molecular formula is C15H20N2O4. The van der Waals surface area contributed by atoms with Gasteiger partial charge in [-0.1, -0.05) is 19.1 Å². The molecule has 1 aliphatic rings. The zero-order valence-corrected chi connectivity index (χ0v) is 12.0. The highest BCUT2D eigenvalue weighted by Gasteiger charge is 2.36. The Bertz CT molecular complexity index is 521. The van der Waals surface area contributed by atoms with Crippen LogP contribution in [0.5, 0.6) is 5.75 Å². The van der Waals surface area contributed by atoms with Crippen LogP contribution >= 0.6 is 0 Å². The first-order valence-corrected chi connectivity index (χ1v) is 7.07. The van der Waals surface area contributed by atoms with Gasteiger partial charge in [0.1, 0.15) is 5.75 Å². The molecule has 6 heteroatoms. The summed E-state index contributed by atoms with van der Waals surface area (Å²) >= 11 is 0. The molecule has 0 saturated heterocycles. The van der Waals surface area contributed by atoms with Gasteiger partial charge in [-0.3, -0.25) is 0 Å². The maximum atomic E-state index is 12.1. The molecule has 0 aliphatic heterocycles. The summed E-state index contributed by atoms with van der Waals surface area (Å²) in [7, 11) is 0. The first kappa shape index (κ1) is 15.2. The molecule has 1 fully saturated rings. The van der Waals surface area contributed by atoms with Crippen molar-refractivity contribution >= 4 is 17.7 Å². The maximum Gasteiger partial charge on any atom is 0.341 e. The van der Waals surface area contributed by atoms with E-state index >= 15 is 0 Å². The molecule has 0 unspecified atom stereocenters. The van der Waals surface area contributed by atoms with Crippen LogP contribution < -0.4 is 15.4 Å². The quantitative estimate of drug-likeness (QED) is 0.752. The van der Waals surface area contributed by atoms with Crippen LogP contribution in [0.15, 0.2) is 24.3 Å². The third-order valence-corrected chi connectivity index (χ3v) is 3.85. The molecule has 6 nitrogen and oxygen atoms in total. The Morgan fingerprint density at radius 3 is 2.62 bits per heavy atom. The molecule has 0 radical (unpaired) electrons. The Morgan fingerprint density at radius 2 is 2.05 bits per heavy atom. The van der Waals surface area contributed by atoms with Crippen LogP contribution in [0.4, 0.5) is 10.5 Å². The number of aliphatic carboxylic acids is 1. The van der Waals surface area contributed by atoms with Gasteiger partial charge in [-0.25, -0.2) is 9.59 Å². The Balaban J connectivity index is 1.98. The van der Waals surface area contributed by atoms with Crippen LogP contribution in [0.2, 0.25) is 0 Å². The van der Waals surface area contributed by atoms with E-state index in [9.17, 15) is 9.59 Å². The SMILES string of the molecule is CCC1(NC(=O)Nc2ccccc2OCC(=O)O)CCC1. The third-order valence-electron chi connectivity index (χ3n) is 3.85. The van der Waals surface area contributed by atoms with E-state index in [0.717, 1.165) is 25.7 Å². The van der Waals surface area contributed by atoms with Crippen LogP contribution in [-0.2, 0) is 4.79 Å². The highest BCUT2D eigenvalue weighted by molar-refractivity contribution is 5.91. The summed E-state index contributed by atoms with van der Waals surface area (Å²) in [6, 6.07) is 6.48. The van der Waals surface area contributed by atoms with Gasteiger partial charge in [0.2, 0.25) is 0 Å². The third kappa shape index (κ3) is 3.87. The van der Waals surface area contributed by atoms with Crippen molar-refractivity contribution in [2.75, 3.05) is 11.9 Å². The number of urea groups is 1. The number of benzene rings is 1. The highest BCUT2D eigenvalue weighted by Crippen LogP contribution is 2.34. The highest BCUT2D eigenvalue weighted by atomic mass is 16.5. The average molecular weight is 292 g/mol. The van der Waals surface area contributed by atoms with Gasteiger partial charge in [0.25, 0.3) is 0 Å². The summed E-state index contributed by atoms with van der Waals surface area (Å²) in [6.07, 6.45) is 4.02. The smallest absolute Gasteiger partial charge is 0.341 e. The van der Waals surface area contributed by atoms with Crippen LogP contribution in [0.25, 0.3) is 0 Å². The molecule has 0 heterocycles. The molecule has 0 atom stereocenters. The Kier molecular flexibility index (Phi) is 4.67. The van der Waals surface area contributed by atoms with Crippen molar-refractivity contribution in [1.82, 2.24) is 5.32 Å². The summed E-state index contributed by atoms with van der Waals surface area (Å²) in [5, 5.41) is 14.4. The van der Waals surface area contributed by atoms with Crippen LogP contribution in [0.3, 0.4) is 0 Å². The van der Waals surface area contributed by atoms with Crippen LogP contribution in [0, 0.1) is 0 Å². The number of hydrogen-bond donors (Lipinski definition) is 3. The van der Waals surface area contributed by atoms with E-state index in [2.05, 4.69) is 17.6 Å². The molecule has 114 valence electrons. The van der Waals surface area contributed by atoms with Gasteiger partial charge >= 0.3 is 12.0 Å². The zero-order valence-electron chi connectivity index (χ0n) is 12.0. The molecule has 1 aliphatic carbocycles. The van der Waals surface area contributed by atoms with Gasteiger partial charge in [-0.15, -0.1) is 0 Å². The van der Waals surface area contributed by atoms with Gasteiger partial charge in [0.05, 0.1) is 5.69 Å². The number of hydrogen-bond acceptors (Lipinski definition) is 3. The van der Waals surface area contributed by atoms with Gasteiger partial charge in [-0.2, -0.15) is 0 Å². The minimum atomic E-state index is -1.06. The fraction of sp³-hybridized carbons (Fsp3) is 0.467. The monoisotopic (exact) mass is 292 g/mol. The summed E-state index contributed by atoms with van der Waals surface area (Å²) in [5.41, 5.74) is 0.364. The molecule has 1 aromatic carbocycles. The number of carboxylic acid groups (broad SMARTS) is 1. The predicted octanol–water partition coefficient (Wildman–Crippen LogP) is 2.60. The summed E-state index contributed by atoms with van der Waals surface area (Å²) < 4.78 is 5.15. The minimum Gasteiger partial charge on any atom is -0.480 e. The molecule has 3 N–H and O–H groups in total. The fourth-order valence-electron chi connectivity index (χ4n) is 2.40. The molecule has 2 rings (SSSR count). The molecule has 0 aromatic heterocycles. The van der Waals surface area contributed by atoms with Crippen molar-refractivity contribution in [2.45, 2.75) is 38.1 Å². The summed E-state index contributed by atoms with van der Waals surface area (Å²) in [4.78, 5) is 22.6. The first-order chi connectivity index (χ1) is 10.0. The van der Waals surface area contributed by atoms with E-state index in [4.69, 9.17) is 9.84 Å². The van der Waals surface area contributed by atoms with E-state index < -0.39 is 12.6 Å². The van der Waals surface area contributed by atoms with Crippen molar-refractivity contribution in [3.8, 4) is 5.75 Å². The second-order valence-electron chi connectivity index (χ2n) is 5.25. The summed E-state index contributed by atoms with van der Waals surface area (Å²) in [6.45, 7) is 1.61. The molecule has 0 spiro atoms. The van der Waals surface area contributed by atoms with Gasteiger partial charge < -0.3 is 20.5 Å². The van der Waals surface area contributed by atoms with E-state index in [1.54, 1.807) is 24.3 Å². The number of ether oxygens (including phenoxy) is 1. The normalized spacial score (nSPS) is 15.7. The van der Waals surface area contributed by atoms with Crippen molar-refractivity contribution in [3.63, 3.8) is 0 Å². The average Bonchev–Trinajstić information content (AvgIpc) is 2.42. The van der Waals surface area contributed by atoms with E-state index in [1.165, 1.54) is 0 Å². The van der Waals surface area contributed by atoms with Crippen molar-refractivity contribution in [2.24, 2.45) is 0 Å². The lowest BCUT2D eigenvalue weighted by Gasteiger charge is -2.41. The molecule has 1 saturated carbocycles. The lowest BCUT2D eigenvalue weighted by Crippen LogP contribution is -2.54. The molecule has 1 aromatic rings. The lowest BCUT2D eigenvalue weighted by atomic mass is 9.75. The molecule has 0 bridgehead atoms. The fourth-order valence-corrected chi connectivity index (χ4v) is 2.40. The van der Waals surface area contributed by atoms with Gasteiger partial charge in [0.15, 0.2) is 6.61 Å². The number of para-hydroxylation sites is 2. The van der Waals surface area contributed by atoms with Crippen molar-refractivity contribution in [1.29, 1.82) is 0 Å². The van der Waals surface area contributed by atoms with E-state index in [-0.39, 0.29) is 11.6 Å². The molecule has 21 heavy (non-hydrogen) atoms. The molecule has 2 amide bonds. The predicted molar refractivity (Wildman–Crippen MR) is 78.6 cm³/mol. The Labute approximate surface area is 123 Å². The lowest BCUT2D eigenvalue weighted by molar-refractivity contribution is -0.139. The van der Waals surface area contributed by atoms with E-state index in [1.807, 2.05) is 0 Å². The Hall–Kier alpha value is -2.24. The minimum absolute atomic E-state index is 0.0963. The number of amides is 2. The van der Waals surface area contributed by atoms with Gasteiger partial charge in [-0.05, 0) is 37.8 Å². The number of carboxylic acids is 1. The Morgan fingerprint density at radius 1 is 1.33 bits per heavy atom. The maximum absolute atomic E-state index is 12.1. The number of nitrogens with one attached hydrogen (secondary N) is 2. The number of rotatable bonds is 6. The second kappa shape index (κ2) is 6.47. The first-order valence-electron chi connectivity index (χ1n) is 7.07. The summed E-state index contributed by atoms with van der Waals surface area (Å²) in [5.74, 6) is -0.720. The largest absolute Gasteiger partial charge is 0.480 e. The number of carbonyl (C=O) groups is 2. The molecular weight excluding hydrogens is 272 g/mol. The topological polar surface area (TPSA) is 87.7 Å². The number of carbonyl (C=O) groups excluding carboxylic acids is 1. The van der Waals surface area contributed by atoms with Crippen LogP contribution in [0.1, 0.15) is 32.6 Å². The van der Waals surface area contributed by atoms with Crippen molar-refractivity contribution in [3.05, 3.63) is 24.3 Å². The van der Waals surface area contributed by atoms with Crippen molar-refractivity contribution < 1.29 is 19.4 Å². The van der Waals surface area contributed by atoms with Gasteiger partial charge in [0, 0.05) is 5.54 Å².